The van der Waals surface area contributed by atoms with Crippen molar-refractivity contribution in [1.82, 2.24) is 5.32 Å². The number of nitrogens with one attached hydrogen (secondary N) is 1. The van der Waals surface area contributed by atoms with Crippen LogP contribution in [0.4, 0.5) is 0 Å². The van der Waals surface area contributed by atoms with E-state index in [4.69, 9.17) is 16.0 Å². The fourth-order valence-electron chi connectivity index (χ4n) is 2.11. The highest BCUT2D eigenvalue weighted by molar-refractivity contribution is 6.20. The van der Waals surface area contributed by atoms with E-state index in [2.05, 4.69) is 5.32 Å². The zero-order chi connectivity index (χ0) is 11.4. The van der Waals surface area contributed by atoms with Crippen molar-refractivity contribution >= 4 is 17.5 Å². The Bertz CT molecular complexity index is 337. The highest BCUT2D eigenvalue weighted by atomic mass is 35.5. The second kappa shape index (κ2) is 5.39. The number of hydrogen-bond donors (Lipinski definition) is 1. The van der Waals surface area contributed by atoms with Gasteiger partial charge in [0.25, 0.3) is 5.91 Å². The van der Waals surface area contributed by atoms with E-state index in [-0.39, 0.29) is 11.3 Å². The molecule has 1 heterocycles. The Balaban J connectivity index is 1.80. The minimum atomic E-state index is -0.0804. The Morgan fingerprint density at radius 2 is 2.31 bits per heavy atom. The lowest BCUT2D eigenvalue weighted by Gasteiger charge is -2.26. The molecule has 1 aliphatic rings. The highest BCUT2D eigenvalue weighted by Gasteiger charge is 2.23. The Kier molecular flexibility index (Phi) is 3.88. The van der Waals surface area contributed by atoms with E-state index in [1.165, 1.54) is 25.4 Å². The van der Waals surface area contributed by atoms with Crippen LogP contribution in [-0.2, 0) is 0 Å². The van der Waals surface area contributed by atoms with Gasteiger partial charge >= 0.3 is 0 Å². The van der Waals surface area contributed by atoms with Crippen LogP contribution in [0.25, 0.3) is 0 Å². The highest BCUT2D eigenvalue weighted by Crippen LogP contribution is 2.27. The summed E-state index contributed by atoms with van der Waals surface area (Å²) in [6.07, 6.45) is 7.55. The van der Waals surface area contributed by atoms with Gasteiger partial charge in [0, 0.05) is 11.9 Å². The molecule has 2 rings (SSSR count). The first kappa shape index (κ1) is 11.5. The van der Waals surface area contributed by atoms with Crippen LogP contribution in [0.5, 0.6) is 0 Å². The van der Waals surface area contributed by atoms with Crippen molar-refractivity contribution in [3.05, 3.63) is 24.2 Å². The molecular formula is C12H16ClNO2. The van der Waals surface area contributed by atoms with Crippen molar-refractivity contribution in [3.63, 3.8) is 0 Å². The van der Waals surface area contributed by atoms with Crippen molar-refractivity contribution in [1.29, 1.82) is 0 Å². The van der Waals surface area contributed by atoms with E-state index in [0.29, 0.717) is 18.0 Å². The lowest BCUT2D eigenvalue weighted by molar-refractivity contribution is 0.0943. The van der Waals surface area contributed by atoms with Gasteiger partial charge in [-0.05, 0) is 24.8 Å². The first-order valence-corrected chi connectivity index (χ1v) is 6.15. The number of furan rings is 1. The molecule has 1 saturated carbocycles. The SMILES string of the molecule is O=C(NCC1CCCCC1Cl)c1ccoc1. The topological polar surface area (TPSA) is 42.2 Å². The quantitative estimate of drug-likeness (QED) is 0.827. The average molecular weight is 242 g/mol. The van der Waals surface area contributed by atoms with Crippen molar-refractivity contribution in [2.24, 2.45) is 5.92 Å². The third kappa shape index (κ3) is 2.79. The van der Waals surface area contributed by atoms with E-state index in [0.717, 1.165) is 12.8 Å². The Morgan fingerprint density at radius 1 is 1.50 bits per heavy atom. The summed E-state index contributed by atoms with van der Waals surface area (Å²) in [7, 11) is 0. The van der Waals surface area contributed by atoms with E-state index < -0.39 is 0 Å². The smallest absolute Gasteiger partial charge is 0.254 e. The minimum Gasteiger partial charge on any atom is -0.472 e. The van der Waals surface area contributed by atoms with Gasteiger partial charge < -0.3 is 9.73 Å². The van der Waals surface area contributed by atoms with Gasteiger partial charge in [0.1, 0.15) is 6.26 Å². The van der Waals surface area contributed by atoms with Crippen LogP contribution in [0.2, 0.25) is 0 Å². The van der Waals surface area contributed by atoms with E-state index in [1.54, 1.807) is 6.07 Å². The number of carbonyl (C=O) groups is 1. The van der Waals surface area contributed by atoms with E-state index >= 15 is 0 Å². The standard InChI is InChI=1S/C12H16ClNO2/c13-11-4-2-1-3-9(11)7-14-12(15)10-5-6-16-8-10/h5-6,8-9,11H,1-4,7H2,(H,14,15). The maximum Gasteiger partial charge on any atom is 0.254 e. The van der Waals surface area contributed by atoms with Crippen LogP contribution in [0.15, 0.2) is 23.0 Å². The lowest BCUT2D eigenvalue weighted by atomic mass is 9.89. The summed E-state index contributed by atoms with van der Waals surface area (Å²) in [4.78, 5) is 11.6. The summed E-state index contributed by atoms with van der Waals surface area (Å²) in [6.45, 7) is 0.665. The van der Waals surface area contributed by atoms with Gasteiger partial charge in [0.15, 0.2) is 0 Å². The lowest BCUT2D eigenvalue weighted by Crippen LogP contribution is -2.34. The van der Waals surface area contributed by atoms with Crippen molar-refractivity contribution in [2.75, 3.05) is 6.54 Å². The number of hydrogen-bond acceptors (Lipinski definition) is 2. The third-order valence-corrected chi connectivity index (χ3v) is 3.70. The number of halogens is 1. The van der Waals surface area contributed by atoms with Gasteiger partial charge in [0.05, 0.1) is 11.8 Å². The Hall–Kier alpha value is -0.960. The van der Waals surface area contributed by atoms with E-state index in [1.807, 2.05) is 0 Å². The molecule has 3 nitrogen and oxygen atoms in total. The molecule has 1 amide bonds. The fourth-order valence-corrected chi connectivity index (χ4v) is 2.48. The second-order valence-electron chi connectivity index (χ2n) is 4.28. The maximum absolute atomic E-state index is 11.6. The third-order valence-electron chi connectivity index (χ3n) is 3.12. The molecule has 1 aromatic heterocycles. The van der Waals surface area contributed by atoms with E-state index in [9.17, 15) is 4.79 Å². The summed E-state index contributed by atoms with van der Waals surface area (Å²) in [6, 6.07) is 1.66. The molecule has 0 aliphatic heterocycles. The summed E-state index contributed by atoms with van der Waals surface area (Å²) in [5.41, 5.74) is 0.571. The maximum atomic E-state index is 11.6. The summed E-state index contributed by atoms with van der Waals surface area (Å²) in [5, 5.41) is 3.11. The number of alkyl halides is 1. The van der Waals surface area contributed by atoms with Gasteiger partial charge in [-0.15, -0.1) is 11.6 Å². The molecule has 0 radical (unpaired) electrons. The van der Waals surface area contributed by atoms with Crippen molar-refractivity contribution in [3.8, 4) is 0 Å². The van der Waals surface area contributed by atoms with Gasteiger partial charge in [-0.3, -0.25) is 4.79 Å². The van der Waals surface area contributed by atoms with Crippen molar-refractivity contribution < 1.29 is 9.21 Å². The molecule has 1 aromatic rings. The predicted octanol–water partition coefficient (Wildman–Crippen LogP) is 2.81. The van der Waals surface area contributed by atoms with Crippen LogP contribution in [-0.4, -0.2) is 17.8 Å². The molecule has 0 saturated heterocycles. The van der Waals surface area contributed by atoms with Gasteiger partial charge in [-0.2, -0.15) is 0 Å². The summed E-state index contributed by atoms with van der Waals surface area (Å²) in [5.74, 6) is 0.328. The average Bonchev–Trinajstić information content (AvgIpc) is 2.81. The van der Waals surface area contributed by atoms with Crippen LogP contribution >= 0.6 is 11.6 Å². The van der Waals surface area contributed by atoms with Gasteiger partial charge in [-0.25, -0.2) is 0 Å². The zero-order valence-electron chi connectivity index (χ0n) is 9.12. The minimum absolute atomic E-state index is 0.0804. The van der Waals surface area contributed by atoms with Crippen LogP contribution < -0.4 is 5.32 Å². The largest absolute Gasteiger partial charge is 0.472 e. The predicted molar refractivity (Wildman–Crippen MR) is 62.6 cm³/mol. The van der Waals surface area contributed by atoms with Crippen LogP contribution in [0.1, 0.15) is 36.0 Å². The molecule has 0 aromatic carbocycles. The molecule has 0 bridgehead atoms. The molecular weight excluding hydrogens is 226 g/mol. The normalized spacial score (nSPS) is 25.3. The first-order chi connectivity index (χ1) is 7.77. The zero-order valence-corrected chi connectivity index (χ0v) is 9.87. The molecule has 4 heteroatoms. The summed E-state index contributed by atoms with van der Waals surface area (Å²) < 4.78 is 4.86. The molecule has 1 fully saturated rings. The monoisotopic (exact) mass is 241 g/mol. The number of rotatable bonds is 3. The molecule has 1 aliphatic carbocycles. The summed E-state index contributed by atoms with van der Waals surface area (Å²) >= 11 is 6.22. The number of carbonyl (C=O) groups excluding carboxylic acids is 1. The Morgan fingerprint density at radius 3 is 3.00 bits per heavy atom. The molecule has 0 spiro atoms. The first-order valence-electron chi connectivity index (χ1n) is 5.72. The molecule has 2 atom stereocenters. The molecule has 88 valence electrons. The second-order valence-corrected chi connectivity index (χ2v) is 4.84. The van der Waals surface area contributed by atoms with Gasteiger partial charge in [0.2, 0.25) is 0 Å². The van der Waals surface area contributed by atoms with Crippen LogP contribution in [0, 0.1) is 5.92 Å². The molecule has 16 heavy (non-hydrogen) atoms. The molecule has 1 N–H and O–H groups in total. The molecule has 2 unspecified atom stereocenters. The van der Waals surface area contributed by atoms with Crippen molar-refractivity contribution in [2.45, 2.75) is 31.1 Å². The van der Waals surface area contributed by atoms with Gasteiger partial charge in [-0.1, -0.05) is 12.8 Å². The van der Waals surface area contributed by atoms with Crippen LogP contribution in [0.3, 0.4) is 0 Å². The Labute approximate surface area is 100 Å². The number of amides is 1. The fraction of sp³-hybridized carbons (Fsp3) is 0.583.